The van der Waals surface area contributed by atoms with Crippen LogP contribution in [-0.2, 0) is 14.6 Å². The van der Waals surface area contributed by atoms with Gasteiger partial charge in [-0.2, -0.15) is 8.42 Å². The third-order valence-electron chi connectivity index (χ3n) is 3.67. The number of benzene rings is 1. The Hall–Kier alpha value is 1.51. The van der Waals surface area contributed by atoms with Crippen LogP contribution in [0.15, 0.2) is 30.3 Å². The number of halogens is 2. The largest absolute Gasteiger partial charge is 1.00 e. The van der Waals surface area contributed by atoms with Gasteiger partial charge in [0.2, 0.25) is 0 Å². The molecule has 0 heterocycles. The van der Waals surface area contributed by atoms with Gasteiger partial charge >= 0.3 is 69.5 Å². The minimum absolute atomic E-state index is 0. The van der Waals surface area contributed by atoms with Gasteiger partial charge in [-0.1, -0.05) is 82.9 Å². The van der Waals surface area contributed by atoms with Gasteiger partial charge in [0.1, 0.15) is 5.75 Å². The van der Waals surface area contributed by atoms with Gasteiger partial charge in [0.05, 0.1) is 6.61 Å². The molecule has 0 saturated carbocycles. The Labute approximate surface area is 222 Å². The summed E-state index contributed by atoms with van der Waals surface area (Å²) in [4.78, 5) is 0. The van der Waals surface area contributed by atoms with Crippen LogP contribution in [0.5, 0.6) is 5.75 Å². The molecular weight excluding hydrogens is 429 g/mol. The number of hydrogen-bond donors (Lipinski definition) is 0. The van der Waals surface area contributed by atoms with E-state index in [1.165, 1.54) is 44.9 Å². The van der Waals surface area contributed by atoms with Crippen molar-refractivity contribution in [3.05, 3.63) is 30.3 Å². The Balaban J connectivity index is -0.000000661. The van der Waals surface area contributed by atoms with Crippen LogP contribution in [0.1, 0.15) is 71.1 Å². The first-order valence-corrected chi connectivity index (χ1v) is 10.1. The topological polar surface area (TPSA) is 52.6 Å². The van der Waals surface area contributed by atoms with Crippen LogP contribution < -0.4 is 88.1 Å². The molecule has 0 radical (unpaired) electrons. The molecule has 0 unspecified atom stereocenters. The Morgan fingerprint density at radius 1 is 0.741 bits per heavy atom. The second-order valence-electron chi connectivity index (χ2n) is 5.81. The normalized spacial score (nSPS) is 9.81. The maximum Gasteiger partial charge on any atom is 1.00 e. The van der Waals surface area contributed by atoms with Crippen molar-refractivity contribution in [2.45, 2.75) is 71.1 Å². The fourth-order valence-corrected chi connectivity index (χ4v) is 3.09. The van der Waals surface area contributed by atoms with Crippen molar-refractivity contribution < 1.29 is 101 Å². The molecule has 0 amide bonds. The molecule has 0 aliphatic rings. The van der Waals surface area contributed by atoms with Crippen molar-refractivity contribution in [2.75, 3.05) is 6.61 Å². The maximum atomic E-state index is 11.6. The molecule has 148 valence electrons. The van der Waals surface area contributed by atoms with E-state index >= 15 is 0 Å². The van der Waals surface area contributed by atoms with Crippen LogP contribution in [0.25, 0.3) is 0 Å². The molecule has 1 aromatic rings. The van der Waals surface area contributed by atoms with E-state index in [4.69, 9.17) is 8.37 Å². The summed E-state index contributed by atoms with van der Waals surface area (Å²) in [5, 5.41) is 0. The summed E-state index contributed by atoms with van der Waals surface area (Å²) in [5.41, 5.74) is 0. The van der Waals surface area contributed by atoms with E-state index in [1.54, 1.807) is 30.3 Å². The molecule has 0 saturated heterocycles. The van der Waals surface area contributed by atoms with Gasteiger partial charge in [-0.05, 0) is 18.6 Å². The van der Waals surface area contributed by atoms with Gasteiger partial charge in [0, 0.05) is 0 Å². The fourth-order valence-electron chi connectivity index (χ4n) is 2.37. The zero-order valence-electron chi connectivity index (χ0n) is 17.0. The van der Waals surface area contributed by atoms with Crippen molar-refractivity contribution >= 4 is 10.4 Å². The van der Waals surface area contributed by atoms with Crippen molar-refractivity contribution in [3.63, 3.8) is 0 Å². The van der Waals surface area contributed by atoms with E-state index in [-0.39, 0.29) is 96.3 Å². The third-order valence-corrected chi connectivity index (χ3v) is 4.52. The third kappa shape index (κ3) is 22.0. The summed E-state index contributed by atoms with van der Waals surface area (Å²) in [5.74, 6) is 0.274. The average Bonchev–Trinajstić information content (AvgIpc) is 2.53. The molecule has 1 rings (SSSR count). The smallest absolute Gasteiger partial charge is 1.00 e. The molecular formula is C18H30Cl2Na2O4S. The molecule has 0 atom stereocenters. The second-order valence-corrected chi connectivity index (χ2v) is 7.03. The molecule has 27 heavy (non-hydrogen) atoms. The fraction of sp³-hybridized carbons (Fsp3) is 0.667. The first-order valence-electron chi connectivity index (χ1n) is 8.78. The van der Waals surface area contributed by atoms with E-state index in [0.29, 0.717) is 0 Å². The summed E-state index contributed by atoms with van der Waals surface area (Å²) in [6.45, 7) is 2.42. The van der Waals surface area contributed by atoms with Gasteiger partial charge in [-0.25, -0.2) is 4.18 Å². The number of rotatable bonds is 14. The van der Waals surface area contributed by atoms with E-state index < -0.39 is 10.4 Å². The van der Waals surface area contributed by atoms with E-state index in [2.05, 4.69) is 6.92 Å². The molecule has 1 aromatic carbocycles. The van der Waals surface area contributed by atoms with E-state index in [0.717, 1.165) is 19.3 Å². The van der Waals surface area contributed by atoms with Gasteiger partial charge in [-0.3, -0.25) is 0 Å². The number of unbranched alkanes of at least 4 members (excludes halogenated alkanes) is 9. The van der Waals surface area contributed by atoms with Crippen LogP contribution >= 0.6 is 0 Å². The van der Waals surface area contributed by atoms with Crippen LogP contribution in [0.3, 0.4) is 0 Å². The predicted octanol–water partition coefficient (Wildman–Crippen LogP) is -6.74. The molecule has 9 heteroatoms. The monoisotopic (exact) mass is 458 g/mol. The zero-order chi connectivity index (χ0) is 16.8. The van der Waals surface area contributed by atoms with Crippen molar-refractivity contribution in [3.8, 4) is 5.75 Å². The Bertz CT molecular complexity index is 505. The van der Waals surface area contributed by atoms with E-state index in [1.807, 2.05) is 0 Å². The van der Waals surface area contributed by atoms with Crippen molar-refractivity contribution in [1.82, 2.24) is 0 Å². The summed E-state index contributed by atoms with van der Waals surface area (Å²) >= 11 is 0. The molecule has 0 spiro atoms. The van der Waals surface area contributed by atoms with Crippen LogP contribution in [-0.4, -0.2) is 15.0 Å². The minimum Gasteiger partial charge on any atom is -1.00 e. The quantitative estimate of drug-likeness (QED) is 0.205. The first kappa shape index (κ1) is 35.9. The summed E-state index contributed by atoms with van der Waals surface area (Å²) < 4.78 is 32.9. The zero-order valence-corrected chi connectivity index (χ0v) is 23.3. The van der Waals surface area contributed by atoms with Gasteiger partial charge in [0.15, 0.2) is 0 Å². The van der Waals surface area contributed by atoms with Crippen LogP contribution in [0, 0.1) is 0 Å². The van der Waals surface area contributed by atoms with Crippen LogP contribution in [0.4, 0.5) is 0 Å². The Kier molecular flexibility index (Phi) is 31.6. The Morgan fingerprint density at radius 2 is 1.19 bits per heavy atom. The van der Waals surface area contributed by atoms with Crippen molar-refractivity contribution in [2.24, 2.45) is 0 Å². The summed E-state index contributed by atoms with van der Waals surface area (Å²) in [6, 6.07) is 8.40. The molecule has 0 fully saturated rings. The summed E-state index contributed by atoms with van der Waals surface area (Å²) in [6.07, 6.45) is 12.0. The van der Waals surface area contributed by atoms with Crippen LogP contribution in [0.2, 0.25) is 0 Å². The molecule has 0 aromatic heterocycles. The van der Waals surface area contributed by atoms with Crippen molar-refractivity contribution in [1.29, 1.82) is 0 Å². The molecule has 0 aliphatic carbocycles. The van der Waals surface area contributed by atoms with Gasteiger partial charge in [-0.15, -0.1) is 0 Å². The second kappa shape index (κ2) is 23.8. The first-order chi connectivity index (χ1) is 11.1. The molecule has 0 bridgehead atoms. The number of para-hydroxylation sites is 1. The molecule has 4 nitrogen and oxygen atoms in total. The van der Waals surface area contributed by atoms with Gasteiger partial charge in [0.25, 0.3) is 0 Å². The molecule has 0 aliphatic heterocycles. The number of hydrogen-bond acceptors (Lipinski definition) is 4. The summed E-state index contributed by atoms with van der Waals surface area (Å²) in [7, 11) is -3.94. The van der Waals surface area contributed by atoms with Gasteiger partial charge < -0.3 is 29.0 Å². The Morgan fingerprint density at radius 3 is 1.67 bits per heavy atom. The van der Waals surface area contributed by atoms with E-state index in [9.17, 15) is 8.42 Å². The minimum atomic E-state index is -3.94. The molecule has 0 N–H and O–H groups in total. The predicted molar refractivity (Wildman–Crippen MR) is 93.8 cm³/mol. The standard InChI is InChI=1S/C18H30O4S.2ClH.2Na/c1-2-3-4-5-6-7-8-9-10-14-17-21-23(19,20)22-18-15-12-11-13-16-18;;;;/h11-13,15-16H,2-10,14,17H2,1H3;2*1H;;/q;;;2*+1/p-2. The SMILES string of the molecule is CCCCCCCCCCCCOS(=O)(=O)Oc1ccccc1.[Cl-].[Cl-].[Na+].[Na+]. The average molecular weight is 459 g/mol. The maximum absolute atomic E-state index is 11.6.